The first-order valence-corrected chi connectivity index (χ1v) is 16.6. The van der Waals surface area contributed by atoms with Crippen molar-refractivity contribution in [2.24, 2.45) is 0 Å². The minimum absolute atomic E-state index is 0.136. The van der Waals surface area contributed by atoms with Crippen LogP contribution in [0.15, 0.2) is 42.5 Å². The second kappa shape index (κ2) is 17.2. The fraction of sp³-hybridized carbons (Fsp3) is 0.559. The molecule has 3 saturated heterocycles. The number of rotatable bonds is 13. The quantitative estimate of drug-likeness (QED) is 0.0569. The van der Waals surface area contributed by atoms with Gasteiger partial charge >= 0.3 is 5.97 Å². The van der Waals surface area contributed by atoms with Crippen LogP contribution in [0.5, 0.6) is 23.0 Å². The Kier molecular flexibility index (Phi) is 13.2. The maximum atomic E-state index is 13.2. The third-order valence-corrected chi connectivity index (χ3v) is 9.09. The molecule has 0 radical (unpaired) electrons. The van der Waals surface area contributed by atoms with Gasteiger partial charge in [-0.05, 0) is 54.8 Å². The Hall–Kier alpha value is -3.67. The van der Waals surface area contributed by atoms with Gasteiger partial charge in [0.15, 0.2) is 48.0 Å². The van der Waals surface area contributed by atoms with Crippen LogP contribution in [-0.2, 0) is 44.4 Å². The highest BCUT2D eigenvalue weighted by molar-refractivity contribution is 5.87. The Labute approximate surface area is 302 Å². The summed E-state index contributed by atoms with van der Waals surface area (Å²) in [5.74, 6) is -2.62. The molecule has 19 heteroatoms. The Morgan fingerprint density at radius 2 is 1.53 bits per heavy atom. The van der Waals surface area contributed by atoms with Gasteiger partial charge in [0.2, 0.25) is 0 Å². The lowest BCUT2D eigenvalue weighted by atomic mass is 9.96. The highest BCUT2D eigenvalue weighted by Gasteiger charge is 2.54. The molecule has 2 aromatic rings. The molecule has 3 heterocycles. The fourth-order valence-corrected chi connectivity index (χ4v) is 5.87. The molecule has 53 heavy (non-hydrogen) atoms. The molecule has 3 aliphatic rings. The van der Waals surface area contributed by atoms with Gasteiger partial charge in [0.05, 0.1) is 32.5 Å². The molecule has 3 fully saturated rings. The monoisotopic (exact) mass is 756 g/mol. The molecule has 0 bridgehead atoms. The number of hydrogen-bond acceptors (Lipinski definition) is 19. The number of hydrogen-bond donors (Lipinski definition) is 11. The van der Waals surface area contributed by atoms with Crippen LogP contribution in [0.25, 0.3) is 6.08 Å². The van der Waals surface area contributed by atoms with Crippen LogP contribution in [0.3, 0.4) is 0 Å². The number of ether oxygens (including phenoxy) is 7. The summed E-state index contributed by atoms with van der Waals surface area (Å²) in [7, 11) is 0. The second-order valence-corrected chi connectivity index (χ2v) is 13.0. The fourth-order valence-electron chi connectivity index (χ4n) is 5.87. The van der Waals surface area contributed by atoms with Gasteiger partial charge in [-0.1, -0.05) is 12.1 Å². The molecule has 294 valence electrons. The number of aliphatic hydroxyl groups is 7. The lowest BCUT2D eigenvalue weighted by Crippen LogP contribution is -2.65. The topological polar surface area (TPSA) is 304 Å². The maximum Gasteiger partial charge on any atom is 0.331 e. The summed E-state index contributed by atoms with van der Waals surface area (Å²) in [6, 6.07) is 7.83. The smallest absolute Gasteiger partial charge is 0.331 e. The summed E-state index contributed by atoms with van der Waals surface area (Å²) in [6.07, 6.45) is -17.0. The third kappa shape index (κ3) is 9.35. The van der Waals surface area contributed by atoms with Crippen molar-refractivity contribution in [2.75, 3.05) is 26.4 Å². The van der Waals surface area contributed by atoms with Crippen LogP contribution in [0.4, 0.5) is 0 Å². The van der Waals surface area contributed by atoms with Gasteiger partial charge in [-0.3, -0.25) is 0 Å². The van der Waals surface area contributed by atoms with Crippen LogP contribution in [0.1, 0.15) is 18.1 Å². The summed E-state index contributed by atoms with van der Waals surface area (Å²) < 4.78 is 40.0. The van der Waals surface area contributed by atoms with Crippen molar-refractivity contribution in [1.29, 1.82) is 0 Å². The number of benzene rings is 2. The SMILES string of the molecule is C[C@@H]1O[C@@H](O[C@@H]2[C@@H](O)[C@H](OCCc3ccc(O)c(O)c3)O[C@H](CO[C@@H]3OC[C@](O)(CO)[C@H]3O)[C@H]2OC(=O)C=Cc2ccc(O)c(O)c2)[C@H](O)[C@H](O)[C@H]1O. The van der Waals surface area contributed by atoms with Crippen molar-refractivity contribution in [3.8, 4) is 23.0 Å². The van der Waals surface area contributed by atoms with E-state index in [-0.39, 0.29) is 30.1 Å². The van der Waals surface area contributed by atoms with Gasteiger partial charge in [0, 0.05) is 6.08 Å². The average molecular weight is 757 g/mol. The molecule has 19 nitrogen and oxygen atoms in total. The molecular weight excluding hydrogens is 712 g/mol. The van der Waals surface area contributed by atoms with E-state index < -0.39 is 117 Å². The van der Waals surface area contributed by atoms with E-state index in [9.17, 15) is 61.0 Å². The molecular formula is C34H44O19. The molecule has 0 saturated carbocycles. The number of carbonyl (C=O) groups excluding carboxylic acids is 1. The van der Waals surface area contributed by atoms with Gasteiger partial charge < -0.3 is 89.3 Å². The molecule has 0 amide bonds. The van der Waals surface area contributed by atoms with E-state index in [4.69, 9.17) is 33.2 Å². The first-order valence-electron chi connectivity index (χ1n) is 16.6. The predicted molar refractivity (Wildman–Crippen MR) is 174 cm³/mol. The first kappa shape index (κ1) is 40.5. The highest BCUT2D eigenvalue weighted by atomic mass is 16.8. The summed E-state index contributed by atoms with van der Waals surface area (Å²) in [6.45, 7) is -0.718. The number of esters is 1. The van der Waals surface area contributed by atoms with Crippen molar-refractivity contribution >= 4 is 12.0 Å². The molecule has 0 unspecified atom stereocenters. The van der Waals surface area contributed by atoms with E-state index in [1.54, 1.807) is 0 Å². The normalized spacial score (nSPS) is 36.2. The minimum atomic E-state index is -2.05. The van der Waals surface area contributed by atoms with Gasteiger partial charge in [0.1, 0.15) is 48.3 Å². The summed E-state index contributed by atoms with van der Waals surface area (Å²) in [4.78, 5) is 13.2. The average Bonchev–Trinajstić information content (AvgIpc) is 3.42. The van der Waals surface area contributed by atoms with Crippen LogP contribution in [0.2, 0.25) is 0 Å². The lowest BCUT2D eigenvalue weighted by molar-refractivity contribution is -0.360. The summed E-state index contributed by atoms with van der Waals surface area (Å²) in [5.41, 5.74) is -1.24. The zero-order valence-electron chi connectivity index (χ0n) is 28.3. The zero-order valence-corrected chi connectivity index (χ0v) is 28.3. The standard InChI is InChI=1S/C34H44O19/c1-15-24(41)25(42)26(43)32(50-15)53-29-27(44)31(47-9-8-17-3-6-19(37)21(39)11-17)51-22(12-48-33-30(45)34(46,13-35)14-49-33)28(29)52-23(40)7-4-16-2-5-18(36)20(38)10-16/h2-7,10-11,15,22,24-33,35-39,41-46H,8-9,12-14H2,1H3/t15-,22+,24-,25+,26+,27+,28+,29+,30-,31+,32-,33+,34+/m0/s1. The third-order valence-electron chi connectivity index (χ3n) is 9.09. The van der Waals surface area contributed by atoms with E-state index >= 15 is 0 Å². The Bertz CT molecular complexity index is 1570. The van der Waals surface area contributed by atoms with Crippen LogP contribution < -0.4 is 0 Å². The van der Waals surface area contributed by atoms with Crippen LogP contribution >= 0.6 is 0 Å². The van der Waals surface area contributed by atoms with Gasteiger partial charge in [-0.25, -0.2) is 4.79 Å². The van der Waals surface area contributed by atoms with Crippen molar-refractivity contribution < 1.29 is 94.1 Å². The summed E-state index contributed by atoms with van der Waals surface area (Å²) >= 11 is 0. The molecule has 5 rings (SSSR count). The number of carbonyl (C=O) groups is 1. The van der Waals surface area contributed by atoms with E-state index in [1.807, 2.05) is 0 Å². The molecule has 3 aliphatic heterocycles. The van der Waals surface area contributed by atoms with Crippen molar-refractivity contribution in [3.63, 3.8) is 0 Å². The number of phenolic OH excluding ortho intramolecular Hbond substituents is 4. The Morgan fingerprint density at radius 3 is 2.19 bits per heavy atom. The van der Waals surface area contributed by atoms with Crippen molar-refractivity contribution in [3.05, 3.63) is 53.6 Å². The van der Waals surface area contributed by atoms with Crippen molar-refractivity contribution in [2.45, 2.75) is 92.8 Å². The number of aliphatic hydroxyl groups excluding tert-OH is 6. The molecule has 0 aliphatic carbocycles. The van der Waals surface area contributed by atoms with Gasteiger partial charge in [0.25, 0.3) is 0 Å². The zero-order chi connectivity index (χ0) is 38.6. The van der Waals surface area contributed by atoms with Crippen LogP contribution in [0, 0.1) is 0 Å². The van der Waals surface area contributed by atoms with E-state index in [0.29, 0.717) is 5.56 Å². The minimum Gasteiger partial charge on any atom is -0.504 e. The summed E-state index contributed by atoms with van der Waals surface area (Å²) in [5, 5.41) is 112. The maximum absolute atomic E-state index is 13.2. The van der Waals surface area contributed by atoms with Crippen molar-refractivity contribution in [1.82, 2.24) is 0 Å². The molecule has 2 aromatic carbocycles. The number of phenols is 4. The van der Waals surface area contributed by atoms with Gasteiger partial charge in [-0.2, -0.15) is 0 Å². The van der Waals surface area contributed by atoms with E-state index in [0.717, 1.165) is 6.08 Å². The Balaban J connectivity index is 1.42. The van der Waals surface area contributed by atoms with E-state index in [1.165, 1.54) is 49.4 Å². The Morgan fingerprint density at radius 1 is 0.830 bits per heavy atom. The first-order chi connectivity index (χ1) is 25.1. The lowest BCUT2D eigenvalue weighted by Gasteiger charge is -2.46. The predicted octanol–water partition coefficient (Wildman–Crippen LogP) is -2.55. The molecule has 0 spiro atoms. The molecule has 0 aromatic heterocycles. The van der Waals surface area contributed by atoms with Crippen LogP contribution in [-0.4, -0.2) is 168 Å². The molecule has 13 atom stereocenters. The van der Waals surface area contributed by atoms with Gasteiger partial charge in [-0.15, -0.1) is 0 Å². The molecule has 11 N–H and O–H groups in total. The highest BCUT2D eigenvalue weighted by Crippen LogP contribution is 2.34. The largest absolute Gasteiger partial charge is 0.504 e. The second-order valence-electron chi connectivity index (χ2n) is 13.0. The number of aromatic hydroxyl groups is 4. The van der Waals surface area contributed by atoms with E-state index in [2.05, 4.69) is 0 Å².